The molecule has 2 rings (SSSR count). The first-order valence-corrected chi connectivity index (χ1v) is 7.82. The van der Waals surface area contributed by atoms with Gasteiger partial charge in [0.25, 0.3) is 0 Å². The van der Waals surface area contributed by atoms with Crippen molar-refractivity contribution in [3.8, 4) is 0 Å². The number of amides is 1. The fourth-order valence-corrected chi connectivity index (χ4v) is 3.21. The minimum atomic E-state index is 0. The molecule has 20 heavy (non-hydrogen) atoms. The van der Waals surface area contributed by atoms with Gasteiger partial charge in [0, 0.05) is 31.0 Å². The number of carbonyl (C=O) groups is 1. The van der Waals surface area contributed by atoms with E-state index in [2.05, 4.69) is 10.5 Å². The summed E-state index contributed by atoms with van der Waals surface area (Å²) in [6, 6.07) is 0. The van der Waals surface area contributed by atoms with Crippen LogP contribution in [0, 0.1) is 13.8 Å². The molecule has 0 aromatic carbocycles. The second-order valence-electron chi connectivity index (χ2n) is 4.78. The first-order valence-electron chi connectivity index (χ1n) is 6.66. The molecule has 1 fully saturated rings. The zero-order valence-corrected chi connectivity index (χ0v) is 13.6. The lowest BCUT2D eigenvalue weighted by molar-refractivity contribution is -0.128. The van der Waals surface area contributed by atoms with Gasteiger partial charge in [0.05, 0.1) is 11.4 Å². The maximum absolute atomic E-state index is 12.1. The molecule has 5 nitrogen and oxygen atoms in total. The molecule has 0 aliphatic carbocycles. The monoisotopic (exact) mass is 319 g/mol. The first kappa shape index (κ1) is 17.3. The van der Waals surface area contributed by atoms with E-state index in [-0.39, 0.29) is 18.3 Å². The van der Waals surface area contributed by atoms with Gasteiger partial charge in [-0.3, -0.25) is 4.79 Å². The Bertz CT molecular complexity index is 412. The molecule has 2 heterocycles. The molecule has 7 heteroatoms. The van der Waals surface area contributed by atoms with E-state index in [0.717, 1.165) is 55.4 Å². The van der Waals surface area contributed by atoms with Gasteiger partial charge < -0.3 is 14.7 Å². The van der Waals surface area contributed by atoms with Crippen LogP contribution in [0.2, 0.25) is 0 Å². The molecular weight excluding hydrogens is 298 g/mol. The van der Waals surface area contributed by atoms with Crippen molar-refractivity contribution in [1.29, 1.82) is 0 Å². The molecule has 0 bridgehead atoms. The highest BCUT2D eigenvalue weighted by Crippen LogP contribution is 2.19. The van der Waals surface area contributed by atoms with Crippen molar-refractivity contribution in [2.24, 2.45) is 0 Å². The van der Waals surface area contributed by atoms with Crippen LogP contribution >= 0.6 is 24.2 Å². The van der Waals surface area contributed by atoms with Gasteiger partial charge in [-0.05, 0) is 26.8 Å². The third-order valence-electron chi connectivity index (χ3n) is 3.35. The zero-order valence-electron chi connectivity index (χ0n) is 12.0. The maximum atomic E-state index is 12.1. The van der Waals surface area contributed by atoms with Crippen LogP contribution in [-0.2, 0) is 10.5 Å². The molecule has 1 aromatic rings. The Morgan fingerprint density at radius 2 is 2.20 bits per heavy atom. The molecule has 114 valence electrons. The predicted octanol–water partition coefficient (Wildman–Crippen LogP) is 1.77. The van der Waals surface area contributed by atoms with E-state index in [0.29, 0.717) is 5.75 Å². The Balaban J connectivity index is 0.00000200. The fourth-order valence-electron chi connectivity index (χ4n) is 2.13. The van der Waals surface area contributed by atoms with Crippen LogP contribution < -0.4 is 5.32 Å². The number of rotatable bonds is 4. The first-order chi connectivity index (χ1) is 9.18. The minimum Gasteiger partial charge on any atom is -0.361 e. The molecule has 0 atom stereocenters. The quantitative estimate of drug-likeness (QED) is 0.916. The van der Waals surface area contributed by atoms with E-state index in [1.165, 1.54) is 0 Å². The van der Waals surface area contributed by atoms with Gasteiger partial charge in [-0.1, -0.05) is 5.16 Å². The average molecular weight is 320 g/mol. The maximum Gasteiger partial charge on any atom is 0.232 e. The Hall–Kier alpha value is -0.720. The van der Waals surface area contributed by atoms with Gasteiger partial charge in [0.15, 0.2) is 0 Å². The van der Waals surface area contributed by atoms with Crippen molar-refractivity contribution in [3.05, 3.63) is 17.0 Å². The topological polar surface area (TPSA) is 58.4 Å². The van der Waals surface area contributed by atoms with E-state index in [9.17, 15) is 4.79 Å². The largest absolute Gasteiger partial charge is 0.361 e. The van der Waals surface area contributed by atoms with E-state index in [1.54, 1.807) is 11.8 Å². The molecule has 0 spiro atoms. The van der Waals surface area contributed by atoms with Crippen LogP contribution in [0.15, 0.2) is 4.52 Å². The van der Waals surface area contributed by atoms with Crippen LogP contribution in [-0.4, -0.2) is 47.9 Å². The smallest absolute Gasteiger partial charge is 0.232 e. The van der Waals surface area contributed by atoms with Crippen molar-refractivity contribution >= 4 is 30.1 Å². The summed E-state index contributed by atoms with van der Waals surface area (Å²) in [7, 11) is 0. The third-order valence-corrected chi connectivity index (χ3v) is 4.29. The lowest BCUT2D eigenvalue weighted by Crippen LogP contribution is -2.35. The normalized spacial score (nSPS) is 15.6. The van der Waals surface area contributed by atoms with Gasteiger partial charge in [-0.25, -0.2) is 0 Å². The highest BCUT2D eigenvalue weighted by molar-refractivity contribution is 7.99. The molecular formula is C13H22ClN3O2S. The van der Waals surface area contributed by atoms with Gasteiger partial charge in [-0.15, -0.1) is 24.2 Å². The number of nitrogens with one attached hydrogen (secondary N) is 1. The Kier molecular flexibility index (Phi) is 7.40. The fraction of sp³-hybridized carbons (Fsp3) is 0.692. The Morgan fingerprint density at radius 1 is 1.40 bits per heavy atom. The lowest BCUT2D eigenvalue weighted by Gasteiger charge is -2.19. The van der Waals surface area contributed by atoms with Crippen LogP contribution in [0.1, 0.15) is 23.4 Å². The van der Waals surface area contributed by atoms with Crippen molar-refractivity contribution in [1.82, 2.24) is 15.4 Å². The number of thioether (sulfide) groups is 1. The predicted molar refractivity (Wildman–Crippen MR) is 83.5 cm³/mol. The highest BCUT2D eigenvalue weighted by atomic mass is 35.5. The van der Waals surface area contributed by atoms with E-state index in [1.807, 2.05) is 18.7 Å². The van der Waals surface area contributed by atoms with E-state index < -0.39 is 0 Å². The second-order valence-corrected chi connectivity index (χ2v) is 5.77. The van der Waals surface area contributed by atoms with Crippen molar-refractivity contribution < 1.29 is 9.32 Å². The summed E-state index contributed by atoms with van der Waals surface area (Å²) >= 11 is 1.64. The second kappa shape index (κ2) is 8.54. The van der Waals surface area contributed by atoms with E-state index in [4.69, 9.17) is 4.52 Å². The van der Waals surface area contributed by atoms with Crippen LogP contribution in [0.25, 0.3) is 0 Å². The van der Waals surface area contributed by atoms with Crippen molar-refractivity contribution in [3.63, 3.8) is 0 Å². The third kappa shape index (κ3) is 4.68. The standard InChI is InChI=1S/C13H21N3O2S.ClH/c1-10-12(11(2)18-15-10)8-19-9-13(17)16-6-3-4-14-5-7-16;/h14H,3-9H2,1-2H3;1H. The summed E-state index contributed by atoms with van der Waals surface area (Å²) in [5.41, 5.74) is 2.05. The summed E-state index contributed by atoms with van der Waals surface area (Å²) in [5, 5.41) is 7.23. The van der Waals surface area contributed by atoms with Gasteiger partial charge >= 0.3 is 0 Å². The lowest BCUT2D eigenvalue weighted by atomic mass is 10.2. The van der Waals surface area contributed by atoms with Crippen LogP contribution in [0.5, 0.6) is 0 Å². The summed E-state index contributed by atoms with van der Waals surface area (Å²) < 4.78 is 5.12. The number of aromatic nitrogens is 1. The molecule has 0 saturated carbocycles. The summed E-state index contributed by atoms with van der Waals surface area (Å²) in [4.78, 5) is 14.0. The van der Waals surface area contributed by atoms with Crippen LogP contribution in [0.4, 0.5) is 0 Å². The molecule has 1 amide bonds. The number of halogens is 1. The molecule has 1 aliphatic rings. The highest BCUT2D eigenvalue weighted by Gasteiger charge is 2.16. The molecule has 1 aromatic heterocycles. The summed E-state index contributed by atoms with van der Waals surface area (Å²) in [5.74, 6) is 2.42. The Morgan fingerprint density at radius 3 is 2.90 bits per heavy atom. The van der Waals surface area contributed by atoms with E-state index >= 15 is 0 Å². The van der Waals surface area contributed by atoms with Crippen molar-refractivity contribution in [2.45, 2.75) is 26.0 Å². The number of carbonyl (C=O) groups excluding carboxylic acids is 1. The Labute approximate surface area is 130 Å². The molecule has 0 unspecified atom stereocenters. The SMILES string of the molecule is Cc1noc(C)c1CSCC(=O)N1CCCNCC1.Cl. The number of aryl methyl sites for hydroxylation is 2. The zero-order chi connectivity index (χ0) is 13.7. The molecule has 0 radical (unpaired) electrons. The number of hydrogen-bond acceptors (Lipinski definition) is 5. The van der Waals surface area contributed by atoms with Gasteiger partial charge in [0.2, 0.25) is 5.91 Å². The molecule has 1 saturated heterocycles. The van der Waals surface area contributed by atoms with Gasteiger partial charge in [-0.2, -0.15) is 0 Å². The molecule has 1 aliphatic heterocycles. The molecule has 1 N–H and O–H groups in total. The van der Waals surface area contributed by atoms with Gasteiger partial charge in [0.1, 0.15) is 5.76 Å². The van der Waals surface area contributed by atoms with Crippen LogP contribution in [0.3, 0.4) is 0 Å². The summed E-state index contributed by atoms with van der Waals surface area (Å²) in [6.07, 6.45) is 1.04. The number of nitrogens with zero attached hydrogens (tertiary/aromatic N) is 2. The minimum absolute atomic E-state index is 0. The summed E-state index contributed by atoms with van der Waals surface area (Å²) in [6.45, 7) is 7.46. The number of hydrogen-bond donors (Lipinski definition) is 1. The van der Waals surface area contributed by atoms with Crippen molar-refractivity contribution in [2.75, 3.05) is 31.9 Å². The average Bonchev–Trinajstić information content (AvgIpc) is 2.64.